The number of phosphoric acid groups is 1. The monoisotopic (exact) mass is 532 g/mol. The lowest BCUT2D eigenvalue weighted by Gasteiger charge is -2.39. The molecule has 0 aliphatic carbocycles. The Hall–Kier alpha value is -1.85. The summed E-state index contributed by atoms with van der Waals surface area (Å²) in [5.41, 5.74) is 0.0106. The van der Waals surface area contributed by atoms with Gasteiger partial charge in [0.15, 0.2) is 0 Å². The van der Waals surface area contributed by atoms with E-state index in [0.717, 1.165) is 11.1 Å². The summed E-state index contributed by atoms with van der Waals surface area (Å²) in [7, 11) is -4.69. The Labute approximate surface area is 222 Å². The van der Waals surface area contributed by atoms with Crippen molar-refractivity contribution >= 4 is 7.82 Å². The van der Waals surface area contributed by atoms with Gasteiger partial charge in [-0.15, -0.1) is 0 Å². The first-order chi connectivity index (χ1) is 16.4. The molecule has 1 heterocycles. The number of rotatable bonds is 1. The third-order valence-electron chi connectivity index (χ3n) is 7.06. The molecule has 0 spiro atoms. The fourth-order valence-corrected chi connectivity index (χ4v) is 5.51. The van der Waals surface area contributed by atoms with E-state index in [2.05, 4.69) is 41.5 Å². The van der Waals surface area contributed by atoms with Gasteiger partial charge < -0.3 is 19.3 Å². The van der Waals surface area contributed by atoms with Gasteiger partial charge in [-0.2, -0.15) is 0 Å². The van der Waals surface area contributed by atoms with Crippen LogP contribution in [0.1, 0.15) is 116 Å². The third-order valence-corrected chi connectivity index (χ3v) is 7.89. The van der Waals surface area contributed by atoms with Gasteiger partial charge in [-0.25, -0.2) is 4.57 Å². The van der Waals surface area contributed by atoms with Gasteiger partial charge >= 0.3 is 7.82 Å². The van der Waals surface area contributed by atoms with E-state index in [4.69, 9.17) is 9.05 Å². The molecule has 1 aliphatic rings. The Morgan fingerprint density at radius 1 is 0.676 bits per heavy atom. The average Bonchev–Trinajstić information content (AvgIpc) is 2.68. The molecule has 206 valence electrons. The van der Waals surface area contributed by atoms with Crippen molar-refractivity contribution in [1.82, 2.24) is 0 Å². The Morgan fingerprint density at radius 2 is 1.00 bits per heavy atom. The van der Waals surface area contributed by atoms with Crippen LogP contribution in [0.5, 0.6) is 11.5 Å². The smallest absolute Gasteiger partial charge is 0.394 e. The van der Waals surface area contributed by atoms with Gasteiger partial charge in [-0.1, -0.05) is 95.2 Å². The Bertz CT molecular complexity index is 1160. The fraction of sp³-hybridized carbons (Fsp3) is 0.600. The number of phosphoric ester groups is 1. The number of fused-ring (bicyclic) bond motifs is 2. The molecule has 7 heteroatoms. The maximum Gasteiger partial charge on any atom is 0.584 e. The van der Waals surface area contributed by atoms with Crippen LogP contribution in [0.15, 0.2) is 24.3 Å². The molecule has 0 unspecified atom stereocenters. The second-order valence-electron chi connectivity index (χ2n) is 14.5. The quantitative estimate of drug-likeness (QED) is 0.343. The van der Waals surface area contributed by atoms with Crippen molar-refractivity contribution in [2.45, 2.75) is 110 Å². The zero-order valence-electron chi connectivity index (χ0n) is 24.5. The van der Waals surface area contributed by atoms with E-state index in [0.29, 0.717) is 11.1 Å². The van der Waals surface area contributed by atoms with Gasteiger partial charge in [-0.05, 0) is 44.9 Å². The van der Waals surface area contributed by atoms with Gasteiger partial charge in [0.05, 0.1) is 6.61 Å². The lowest BCUT2D eigenvalue weighted by Crippen LogP contribution is -2.36. The zero-order valence-corrected chi connectivity index (χ0v) is 25.4. The Balaban J connectivity index is 2.63. The van der Waals surface area contributed by atoms with E-state index in [-0.39, 0.29) is 33.5 Å². The number of benzene rings is 2. The Morgan fingerprint density at radius 3 is 1.24 bits per heavy atom. The molecule has 0 fully saturated rings. The topological polar surface area (TPSA) is 96.2 Å². The highest BCUT2D eigenvalue weighted by atomic mass is 31.2. The molecule has 0 radical (unpaired) electrons. The third kappa shape index (κ3) is 5.63. The summed E-state index contributed by atoms with van der Waals surface area (Å²) in [4.78, 5) is 11.0. The lowest BCUT2D eigenvalue weighted by atomic mass is 9.72. The minimum Gasteiger partial charge on any atom is -0.394 e. The van der Waals surface area contributed by atoms with Crippen molar-refractivity contribution in [3.8, 4) is 11.5 Å². The fourth-order valence-electron chi connectivity index (χ4n) is 4.61. The molecule has 0 saturated carbocycles. The van der Waals surface area contributed by atoms with E-state index in [1.54, 1.807) is 12.1 Å². The SMILES string of the molecule is CC(C)(C)c1cc(C(C)(C)C)c2c(c1)C(O)(CO)c1cc(C(C)(C)C)cc(C(C)(C)C)c1OP(=O)(O)O2. The molecular weight excluding hydrogens is 487 g/mol. The summed E-state index contributed by atoms with van der Waals surface area (Å²) in [6, 6.07) is 7.48. The maximum absolute atomic E-state index is 13.5. The summed E-state index contributed by atoms with van der Waals surface area (Å²) in [6.07, 6.45) is 0. The van der Waals surface area contributed by atoms with Crippen molar-refractivity contribution in [2.75, 3.05) is 6.61 Å². The van der Waals surface area contributed by atoms with Crippen molar-refractivity contribution in [1.29, 1.82) is 0 Å². The first kappa shape index (κ1) is 29.7. The molecule has 3 rings (SSSR count). The lowest BCUT2D eigenvalue weighted by molar-refractivity contribution is 0.0126. The highest BCUT2D eigenvalue weighted by Gasteiger charge is 2.47. The molecule has 6 nitrogen and oxygen atoms in total. The molecule has 3 N–H and O–H groups in total. The summed E-state index contributed by atoms with van der Waals surface area (Å²) >= 11 is 0. The van der Waals surface area contributed by atoms with Gasteiger partial charge in [0.1, 0.15) is 17.1 Å². The molecule has 2 aromatic carbocycles. The maximum atomic E-state index is 13.5. The molecule has 0 amide bonds. The standard InChI is InChI=1S/C30H45O6P/c1-26(2,3)18-13-20(28(7,8)9)24-22(15-18)30(32,17-31)23-16-19(27(4,5)6)14-21(29(10,11)12)25(23)36-37(33,34)35-24/h13-16,31-32H,17H2,1-12H3,(H,33,34). The summed E-state index contributed by atoms with van der Waals surface area (Å²) in [6.45, 7) is 23.5. The zero-order chi connectivity index (χ0) is 28.6. The second kappa shape index (κ2) is 8.84. The van der Waals surface area contributed by atoms with Gasteiger partial charge in [0, 0.05) is 22.3 Å². The Kier molecular flexibility index (Phi) is 7.10. The van der Waals surface area contributed by atoms with Crippen LogP contribution in [0.4, 0.5) is 0 Å². The van der Waals surface area contributed by atoms with E-state index in [9.17, 15) is 19.7 Å². The van der Waals surface area contributed by atoms with Crippen LogP contribution in [-0.4, -0.2) is 21.7 Å². The molecule has 37 heavy (non-hydrogen) atoms. The predicted octanol–water partition coefficient (Wildman–Crippen LogP) is 6.98. The molecule has 2 aromatic rings. The number of hydrogen-bond donors (Lipinski definition) is 3. The highest BCUT2D eigenvalue weighted by molar-refractivity contribution is 7.48. The second-order valence-corrected chi connectivity index (χ2v) is 15.8. The van der Waals surface area contributed by atoms with Gasteiger partial charge in [0.2, 0.25) is 0 Å². The van der Waals surface area contributed by atoms with Crippen molar-refractivity contribution in [2.24, 2.45) is 0 Å². The van der Waals surface area contributed by atoms with Crippen molar-refractivity contribution in [3.05, 3.63) is 57.6 Å². The summed E-state index contributed by atoms with van der Waals surface area (Å²) < 4.78 is 25.1. The number of aliphatic hydroxyl groups excluding tert-OH is 1. The highest BCUT2D eigenvalue weighted by Crippen LogP contribution is 2.58. The molecule has 0 atom stereocenters. The average molecular weight is 533 g/mol. The van der Waals surface area contributed by atoms with Crippen molar-refractivity contribution < 1.29 is 28.7 Å². The normalized spacial score (nSPS) is 22.8. The summed E-state index contributed by atoms with van der Waals surface area (Å²) in [5.74, 6) is 0.124. The van der Waals surface area contributed by atoms with Crippen LogP contribution in [0.25, 0.3) is 0 Å². The molecule has 0 saturated heterocycles. The molecule has 1 aliphatic heterocycles. The van der Waals surface area contributed by atoms with Gasteiger partial charge in [0.25, 0.3) is 0 Å². The minimum absolute atomic E-state index is 0.0620. The van der Waals surface area contributed by atoms with Crippen LogP contribution >= 0.6 is 7.82 Å². The molecule has 0 bridgehead atoms. The first-order valence-corrected chi connectivity index (χ1v) is 14.4. The first-order valence-electron chi connectivity index (χ1n) is 12.9. The number of aliphatic hydroxyl groups is 2. The largest absolute Gasteiger partial charge is 0.584 e. The van der Waals surface area contributed by atoms with Crippen molar-refractivity contribution in [3.63, 3.8) is 0 Å². The van der Waals surface area contributed by atoms with E-state index < -0.39 is 30.9 Å². The summed E-state index contributed by atoms with van der Waals surface area (Å²) in [5, 5.41) is 23.3. The minimum atomic E-state index is -4.69. The van der Waals surface area contributed by atoms with Crippen LogP contribution in [-0.2, 0) is 31.8 Å². The van der Waals surface area contributed by atoms with E-state index in [1.165, 1.54) is 0 Å². The number of hydrogen-bond acceptors (Lipinski definition) is 5. The van der Waals surface area contributed by atoms with Crippen LogP contribution in [0.2, 0.25) is 0 Å². The van der Waals surface area contributed by atoms with Gasteiger partial charge in [-0.3, -0.25) is 4.89 Å². The molecular formula is C30H45O6P. The van der Waals surface area contributed by atoms with Crippen LogP contribution in [0, 0.1) is 0 Å². The van der Waals surface area contributed by atoms with E-state index in [1.807, 2.05) is 53.7 Å². The van der Waals surface area contributed by atoms with E-state index >= 15 is 0 Å². The van der Waals surface area contributed by atoms with Crippen LogP contribution < -0.4 is 9.05 Å². The predicted molar refractivity (Wildman–Crippen MR) is 149 cm³/mol. The molecule has 0 aromatic heterocycles. The van der Waals surface area contributed by atoms with Crippen LogP contribution in [0.3, 0.4) is 0 Å².